The van der Waals surface area contributed by atoms with Gasteiger partial charge >= 0.3 is 0 Å². The summed E-state index contributed by atoms with van der Waals surface area (Å²) in [7, 11) is 0. The van der Waals surface area contributed by atoms with Gasteiger partial charge in [-0.1, -0.05) is 18.2 Å². The fourth-order valence-electron chi connectivity index (χ4n) is 5.45. The Bertz CT molecular complexity index is 1740. The standard InChI is InChI=1S/C30H23F3N2O2/c31-18-5-8-28-24(11-18)23-3-1-2-4-27(23)34(28)14-21(36-16-22-17-37-22)15-35-29-9-6-19(32)12-25(29)26-13-20(33)7-10-30(26)35/h1-13,21-22H,14-17H2. The first kappa shape index (κ1) is 22.4. The normalized spacial score (nSPS) is 16.4. The van der Waals surface area contributed by atoms with Gasteiger partial charge in [0.15, 0.2) is 0 Å². The van der Waals surface area contributed by atoms with Crippen LogP contribution in [0.5, 0.6) is 0 Å². The molecule has 0 aliphatic carbocycles. The zero-order chi connectivity index (χ0) is 25.1. The van der Waals surface area contributed by atoms with Gasteiger partial charge in [-0.2, -0.15) is 0 Å². The first-order valence-corrected chi connectivity index (χ1v) is 12.3. The summed E-state index contributed by atoms with van der Waals surface area (Å²) < 4.78 is 58.5. The van der Waals surface area contributed by atoms with Crippen LogP contribution in [0.15, 0.2) is 78.9 Å². The monoisotopic (exact) mass is 500 g/mol. The van der Waals surface area contributed by atoms with Crippen molar-refractivity contribution in [3.8, 4) is 0 Å². The molecule has 0 spiro atoms. The number of ether oxygens (including phenoxy) is 2. The van der Waals surface area contributed by atoms with Gasteiger partial charge in [-0.3, -0.25) is 0 Å². The molecule has 2 unspecified atom stereocenters. The molecular formula is C30H23F3N2O2. The summed E-state index contributed by atoms with van der Waals surface area (Å²) in [5.74, 6) is -1.02. The number of rotatable bonds is 7. The van der Waals surface area contributed by atoms with Crippen molar-refractivity contribution in [2.24, 2.45) is 0 Å². The van der Waals surface area contributed by atoms with Gasteiger partial charge in [-0.05, 0) is 60.7 Å². The summed E-state index contributed by atoms with van der Waals surface area (Å²) in [6.45, 7) is 2.09. The number of nitrogens with zero attached hydrogens (tertiary/aromatic N) is 2. The average molecular weight is 501 g/mol. The van der Waals surface area contributed by atoms with Gasteiger partial charge in [0.25, 0.3) is 0 Å². The molecule has 1 aliphatic heterocycles. The smallest absolute Gasteiger partial charge is 0.123 e. The molecular weight excluding hydrogens is 477 g/mol. The van der Waals surface area contributed by atoms with E-state index in [-0.39, 0.29) is 29.7 Å². The Morgan fingerprint density at radius 1 is 0.676 bits per heavy atom. The van der Waals surface area contributed by atoms with E-state index in [0.29, 0.717) is 37.1 Å². The second-order valence-electron chi connectivity index (χ2n) is 9.63. The van der Waals surface area contributed by atoms with Crippen LogP contribution in [0.2, 0.25) is 0 Å². The molecule has 2 aromatic heterocycles. The zero-order valence-electron chi connectivity index (χ0n) is 19.8. The molecule has 37 heavy (non-hydrogen) atoms. The molecule has 4 nitrogen and oxygen atoms in total. The summed E-state index contributed by atoms with van der Waals surface area (Å²) in [6, 6.07) is 22.0. The minimum absolute atomic E-state index is 0.0797. The molecule has 7 rings (SSSR count). The first-order valence-electron chi connectivity index (χ1n) is 12.3. The predicted octanol–water partition coefficient (Wildman–Crippen LogP) is 6.80. The fraction of sp³-hybridized carbons (Fsp3) is 0.200. The van der Waals surface area contributed by atoms with E-state index in [4.69, 9.17) is 9.47 Å². The van der Waals surface area contributed by atoms with E-state index in [1.54, 1.807) is 24.3 Å². The molecule has 0 radical (unpaired) electrons. The highest BCUT2D eigenvalue weighted by atomic mass is 19.1. The Morgan fingerprint density at radius 3 is 1.65 bits per heavy atom. The Morgan fingerprint density at radius 2 is 1.14 bits per heavy atom. The molecule has 0 amide bonds. The van der Waals surface area contributed by atoms with Crippen LogP contribution in [-0.4, -0.2) is 34.6 Å². The molecule has 0 saturated carbocycles. The number of fused-ring (bicyclic) bond motifs is 6. The van der Waals surface area contributed by atoms with Crippen molar-refractivity contribution in [1.29, 1.82) is 0 Å². The molecule has 0 bridgehead atoms. The summed E-state index contributed by atoms with van der Waals surface area (Å²) in [5.41, 5.74) is 3.53. The molecule has 1 aliphatic rings. The van der Waals surface area contributed by atoms with Crippen LogP contribution >= 0.6 is 0 Å². The van der Waals surface area contributed by atoms with Gasteiger partial charge in [0.2, 0.25) is 0 Å². The SMILES string of the molecule is Fc1ccc2c(c1)c1ccccc1n2CC(Cn1c2ccc(F)cc2c2cc(F)ccc21)OCC1CO1. The van der Waals surface area contributed by atoms with Crippen molar-refractivity contribution >= 4 is 43.6 Å². The Kier molecular flexibility index (Phi) is 5.23. The highest BCUT2D eigenvalue weighted by Crippen LogP contribution is 2.33. The molecule has 6 aromatic rings. The van der Waals surface area contributed by atoms with Crippen molar-refractivity contribution < 1.29 is 22.6 Å². The average Bonchev–Trinajstić information content (AvgIpc) is 3.63. The lowest BCUT2D eigenvalue weighted by molar-refractivity contribution is 0.0239. The maximum atomic E-state index is 14.2. The van der Waals surface area contributed by atoms with E-state index in [0.717, 1.165) is 32.8 Å². The largest absolute Gasteiger partial charge is 0.372 e. The molecule has 3 heterocycles. The predicted molar refractivity (Wildman–Crippen MR) is 138 cm³/mol. The highest BCUT2D eigenvalue weighted by Gasteiger charge is 2.26. The van der Waals surface area contributed by atoms with E-state index < -0.39 is 0 Å². The third-order valence-corrected chi connectivity index (χ3v) is 7.22. The maximum Gasteiger partial charge on any atom is 0.123 e. The number of epoxide rings is 1. The Balaban J connectivity index is 1.35. The minimum atomic E-state index is -0.369. The van der Waals surface area contributed by atoms with Crippen molar-refractivity contribution in [2.45, 2.75) is 25.3 Å². The maximum absolute atomic E-state index is 14.2. The van der Waals surface area contributed by atoms with Crippen LogP contribution in [-0.2, 0) is 22.6 Å². The molecule has 186 valence electrons. The number of benzene rings is 4. The molecule has 2 atom stereocenters. The highest BCUT2D eigenvalue weighted by molar-refractivity contribution is 6.09. The first-order chi connectivity index (χ1) is 18.0. The van der Waals surface area contributed by atoms with Crippen LogP contribution in [0.1, 0.15) is 0 Å². The third kappa shape index (κ3) is 3.95. The summed E-state index contributed by atoms with van der Waals surface area (Å²) in [5, 5.41) is 3.14. The summed E-state index contributed by atoms with van der Waals surface area (Å²) in [4.78, 5) is 0. The van der Waals surface area contributed by atoms with Gasteiger partial charge < -0.3 is 18.6 Å². The van der Waals surface area contributed by atoms with Crippen LogP contribution in [0.25, 0.3) is 43.6 Å². The van der Waals surface area contributed by atoms with Gasteiger partial charge in [-0.25, -0.2) is 13.2 Å². The molecule has 1 saturated heterocycles. The van der Waals surface area contributed by atoms with Gasteiger partial charge in [0, 0.05) is 43.6 Å². The molecule has 0 N–H and O–H groups in total. The van der Waals surface area contributed by atoms with E-state index in [1.165, 1.54) is 30.3 Å². The molecule has 1 fully saturated rings. The van der Waals surface area contributed by atoms with E-state index in [1.807, 2.05) is 24.3 Å². The summed E-state index contributed by atoms with van der Waals surface area (Å²) >= 11 is 0. The molecule has 4 aromatic carbocycles. The fourth-order valence-corrected chi connectivity index (χ4v) is 5.45. The number of halogens is 3. The van der Waals surface area contributed by atoms with E-state index in [2.05, 4.69) is 9.13 Å². The number of hydrogen-bond acceptors (Lipinski definition) is 2. The van der Waals surface area contributed by atoms with E-state index >= 15 is 0 Å². The minimum Gasteiger partial charge on any atom is -0.372 e. The van der Waals surface area contributed by atoms with Crippen molar-refractivity contribution in [1.82, 2.24) is 9.13 Å². The second kappa shape index (κ2) is 8.64. The number of para-hydroxylation sites is 1. The summed E-state index contributed by atoms with van der Waals surface area (Å²) in [6.07, 6.45) is -0.210. The Labute approximate surface area is 210 Å². The zero-order valence-corrected chi connectivity index (χ0v) is 19.8. The quantitative estimate of drug-likeness (QED) is 0.226. The van der Waals surface area contributed by atoms with E-state index in [9.17, 15) is 13.2 Å². The van der Waals surface area contributed by atoms with Crippen LogP contribution in [0.3, 0.4) is 0 Å². The molecule has 7 heteroatoms. The van der Waals surface area contributed by atoms with Gasteiger partial charge in [0.05, 0.1) is 32.4 Å². The topological polar surface area (TPSA) is 31.6 Å². The second-order valence-corrected chi connectivity index (χ2v) is 9.63. The van der Waals surface area contributed by atoms with Crippen LogP contribution in [0.4, 0.5) is 13.2 Å². The lowest BCUT2D eigenvalue weighted by Crippen LogP contribution is -2.27. The van der Waals surface area contributed by atoms with Crippen molar-refractivity contribution in [2.75, 3.05) is 13.2 Å². The van der Waals surface area contributed by atoms with Crippen molar-refractivity contribution in [3.05, 3.63) is 96.3 Å². The number of aromatic nitrogens is 2. The number of hydrogen-bond donors (Lipinski definition) is 0. The van der Waals surface area contributed by atoms with Crippen LogP contribution in [0, 0.1) is 17.5 Å². The third-order valence-electron chi connectivity index (χ3n) is 7.22. The Hall–Kier alpha value is -3.81. The van der Waals surface area contributed by atoms with Gasteiger partial charge in [-0.15, -0.1) is 0 Å². The lowest BCUT2D eigenvalue weighted by atomic mass is 10.1. The lowest BCUT2D eigenvalue weighted by Gasteiger charge is -2.22. The van der Waals surface area contributed by atoms with Crippen molar-refractivity contribution in [3.63, 3.8) is 0 Å². The van der Waals surface area contributed by atoms with Crippen LogP contribution < -0.4 is 0 Å². The van der Waals surface area contributed by atoms with Gasteiger partial charge in [0.1, 0.15) is 23.6 Å².